The van der Waals surface area contributed by atoms with E-state index < -0.39 is 0 Å². The molecule has 0 spiro atoms. The summed E-state index contributed by atoms with van der Waals surface area (Å²) in [4.78, 5) is 23.0. The second-order valence-corrected chi connectivity index (χ2v) is 3.71. The van der Waals surface area contributed by atoms with Crippen LogP contribution in [0.15, 0.2) is 30.5 Å². The first-order valence-electron chi connectivity index (χ1n) is 5.44. The molecule has 4 nitrogen and oxygen atoms in total. The molecule has 1 heterocycles. The molecule has 0 aromatic heterocycles. The number of imide groups is 1. The largest absolute Gasteiger partial charge is 0.501 e. The molecule has 17 heavy (non-hydrogen) atoms. The van der Waals surface area contributed by atoms with E-state index in [-0.39, 0.29) is 11.8 Å². The van der Waals surface area contributed by atoms with E-state index in [1.165, 1.54) is 0 Å². The zero-order valence-electron chi connectivity index (χ0n) is 9.53. The van der Waals surface area contributed by atoms with Crippen molar-refractivity contribution in [3.8, 4) is 0 Å². The monoisotopic (exact) mass is 231 g/mol. The topological polar surface area (TPSA) is 55.4 Å². The van der Waals surface area contributed by atoms with Crippen molar-refractivity contribution >= 4 is 11.8 Å². The highest BCUT2D eigenvalue weighted by atomic mass is 16.5. The molecule has 1 aromatic rings. The Morgan fingerprint density at radius 3 is 2.88 bits per heavy atom. The molecule has 0 saturated carbocycles. The van der Waals surface area contributed by atoms with Crippen LogP contribution in [-0.2, 0) is 11.2 Å². The Morgan fingerprint density at radius 2 is 2.12 bits per heavy atom. The molecule has 0 radical (unpaired) electrons. The normalized spacial score (nSPS) is 13.9. The van der Waals surface area contributed by atoms with Gasteiger partial charge >= 0.3 is 0 Å². The molecule has 88 valence electrons. The fourth-order valence-electron chi connectivity index (χ4n) is 1.83. The van der Waals surface area contributed by atoms with E-state index in [4.69, 9.17) is 4.74 Å². The maximum Gasteiger partial charge on any atom is 0.259 e. The average molecular weight is 231 g/mol. The number of rotatable bonds is 4. The Balaban J connectivity index is 2.19. The molecule has 0 saturated heterocycles. The van der Waals surface area contributed by atoms with Gasteiger partial charge in [0.2, 0.25) is 0 Å². The number of hydrogen-bond donors (Lipinski definition) is 1. The van der Waals surface area contributed by atoms with Gasteiger partial charge in [-0.05, 0) is 18.6 Å². The van der Waals surface area contributed by atoms with Crippen LogP contribution < -0.4 is 5.32 Å². The third-order valence-electron chi connectivity index (χ3n) is 2.57. The standard InChI is InChI=1S/C13H13NO3/c1-2-7-17-8-6-9-4-3-5-10-11(9)13(16)14-12(10)15/h2-5,7H,6,8H2,1H3,(H,14,15,16). The van der Waals surface area contributed by atoms with Crippen molar-refractivity contribution in [2.45, 2.75) is 13.3 Å². The molecule has 4 heteroatoms. The van der Waals surface area contributed by atoms with Crippen molar-refractivity contribution in [2.75, 3.05) is 6.61 Å². The number of carbonyl (C=O) groups excluding carboxylic acids is 2. The smallest absolute Gasteiger partial charge is 0.259 e. The first kappa shape index (κ1) is 11.4. The van der Waals surface area contributed by atoms with E-state index in [1.807, 2.05) is 13.0 Å². The summed E-state index contributed by atoms with van der Waals surface area (Å²) in [6.45, 7) is 2.36. The number of ether oxygens (including phenoxy) is 1. The Kier molecular flexibility index (Phi) is 3.23. The summed E-state index contributed by atoms with van der Waals surface area (Å²) < 4.78 is 5.21. The van der Waals surface area contributed by atoms with Gasteiger partial charge < -0.3 is 4.74 Å². The minimum atomic E-state index is -0.318. The third kappa shape index (κ3) is 2.20. The highest BCUT2D eigenvalue weighted by Crippen LogP contribution is 2.20. The predicted octanol–water partition coefficient (Wildman–Crippen LogP) is 1.66. The van der Waals surface area contributed by atoms with Crippen molar-refractivity contribution < 1.29 is 14.3 Å². The molecule has 2 rings (SSSR count). The van der Waals surface area contributed by atoms with E-state index in [2.05, 4.69) is 5.32 Å². The van der Waals surface area contributed by atoms with Crippen LogP contribution in [0.3, 0.4) is 0 Å². The van der Waals surface area contributed by atoms with Gasteiger partial charge in [0.15, 0.2) is 0 Å². The molecule has 0 fully saturated rings. The number of carbonyl (C=O) groups is 2. The molecule has 1 aromatic carbocycles. The van der Waals surface area contributed by atoms with Gasteiger partial charge in [0.1, 0.15) is 0 Å². The minimum Gasteiger partial charge on any atom is -0.501 e. The summed E-state index contributed by atoms with van der Waals surface area (Å²) in [7, 11) is 0. The molecule has 0 aliphatic carbocycles. The van der Waals surface area contributed by atoms with Crippen LogP contribution in [0.5, 0.6) is 0 Å². The molecule has 0 unspecified atom stereocenters. The average Bonchev–Trinajstić information content (AvgIpc) is 2.62. The van der Waals surface area contributed by atoms with Crippen LogP contribution in [0.25, 0.3) is 0 Å². The molecular weight excluding hydrogens is 218 g/mol. The Bertz CT molecular complexity index is 491. The summed E-state index contributed by atoms with van der Waals surface area (Å²) in [5.41, 5.74) is 1.79. The molecule has 0 atom stereocenters. The van der Waals surface area contributed by atoms with E-state index in [0.717, 1.165) is 5.56 Å². The highest BCUT2D eigenvalue weighted by molar-refractivity contribution is 6.22. The van der Waals surface area contributed by atoms with Crippen molar-refractivity contribution in [1.82, 2.24) is 5.32 Å². The second-order valence-electron chi connectivity index (χ2n) is 3.71. The zero-order chi connectivity index (χ0) is 12.3. The highest BCUT2D eigenvalue weighted by Gasteiger charge is 2.28. The van der Waals surface area contributed by atoms with Gasteiger partial charge in [-0.25, -0.2) is 0 Å². The number of benzene rings is 1. The fourth-order valence-corrected chi connectivity index (χ4v) is 1.83. The number of amides is 2. The first-order valence-corrected chi connectivity index (χ1v) is 5.44. The Morgan fingerprint density at radius 1 is 1.29 bits per heavy atom. The van der Waals surface area contributed by atoms with Crippen LogP contribution in [-0.4, -0.2) is 18.4 Å². The Labute approximate surface area is 99.3 Å². The summed E-state index contributed by atoms with van der Waals surface area (Å²) in [6.07, 6.45) is 4.01. The molecule has 0 bridgehead atoms. The van der Waals surface area contributed by atoms with Crippen LogP contribution >= 0.6 is 0 Å². The van der Waals surface area contributed by atoms with Crippen LogP contribution in [0.2, 0.25) is 0 Å². The first-order chi connectivity index (χ1) is 8.24. The number of hydrogen-bond acceptors (Lipinski definition) is 3. The number of nitrogens with one attached hydrogen (secondary N) is 1. The lowest BCUT2D eigenvalue weighted by Crippen LogP contribution is -2.20. The number of allylic oxidation sites excluding steroid dienone is 1. The lowest BCUT2D eigenvalue weighted by Gasteiger charge is -2.05. The summed E-state index contributed by atoms with van der Waals surface area (Å²) >= 11 is 0. The van der Waals surface area contributed by atoms with Crippen molar-refractivity contribution in [3.05, 3.63) is 47.2 Å². The van der Waals surface area contributed by atoms with E-state index in [0.29, 0.717) is 24.2 Å². The number of fused-ring (bicyclic) bond motifs is 1. The van der Waals surface area contributed by atoms with E-state index in [9.17, 15) is 9.59 Å². The summed E-state index contributed by atoms with van der Waals surface area (Å²) in [6, 6.07) is 5.28. The van der Waals surface area contributed by atoms with Crippen molar-refractivity contribution in [2.24, 2.45) is 0 Å². The fraction of sp³-hybridized carbons (Fsp3) is 0.231. The van der Waals surface area contributed by atoms with Crippen LogP contribution in [0.4, 0.5) is 0 Å². The third-order valence-corrected chi connectivity index (χ3v) is 2.57. The van der Waals surface area contributed by atoms with Crippen molar-refractivity contribution in [3.63, 3.8) is 0 Å². The SMILES string of the molecule is CC=COCCc1cccc2c1C(=O)NC2=O. The summed E-state index contributed by atoms with van der Waals surface area (Å²) in [5.74, 6) is -0.632. The van der Waals surface area contributed by atoms with Gasteiger partial charge in [0.25, 0.3) is 11.8 Å². The van der Waals surface area contributed by atoms with Gasteiger partial charge in [0, 0.05) is 6.42 Å². The van der Waals surface area contributed by atoms with Gasteiger partial charge in [-0.2, -0.15) is 0 Å². The van der Waals surface area contributed by atoms with E-state index in [1.54, 1.807) is 24.5 Å². The molecule has 2 amide bonds. The van der Waals surface area contributed by atoms with Crippen LogP contribution in [0.1, 0.15) is 33.2 Å². The maximum atomic E-state index is 11.6. The summed E-state index contributed by atoms with van der Waals surface area (Å²) in [5, 5.41) is 2.29. The van der Waals surface area contributed by atoms with Gasteiger partial charge in [-0.1, -0.05) is 18.2 Å². The zero-order valence-corrected chi connectivity index (χ0v) is 9.53. The molecular formula is C13H13NO3. The molecule has 1 N–H and O–H groups in total. The van der Waals surface area contributed by atoms with Crippen LogP contribution in [0, 0.1) is 0 Å². The van der Waals surface area contributed by atoms with Gasteiger partial charge in [-0.3, -0.25) is 14.9 Å². The van der Waals surface area contributed by atoms with E-state index >= 15 is 0 Å². The quantitative estimate of drug-likeness (QED) is 0.487. The lowest BCUT2D eigenvalue weighted by molar-refractivity contribution is 0.0879. The minimum absolute atomic E-state index is 0.313. The molecule has 1 aliphatic heterocycles. The Hall–Kier alpha value is -2.10. The predicted molar refractivity (Wildman–Crippen MR) is 62.7 cm³/mol. The van der Waals surface area contributed by atoms with Gasteiger partial charge in [0.05, 0.1) is 24.0 Å². The molecule has 1 aliphatic rings. The van der Waals surface area contributed by atoms with Crippen molar-refractivity contribution in [1.29, 1.82) is 0 Å². The second kappa shape index (κ2) is 4.82. The van der Waals surface area contributed by atoms with Gasteiger partial charge in [-0.15, -0.1) is 0 Å². The maximum absolute atomic E-state index is 11.6. The lowest BCUT2D eigenvalue weighted by atomic mass is 10.0.